The predicted molar refractivity (Wildman–Crippen MR) is 125 cm³/mol. The summed E-state index contributed by atoms with van der Waals surface area (Å²) < 4.78 is 5.54. The molecule has 1 aromatic carbocycles. The van der Waals surface area contributed by atoms with Crippen molar-refractivity contribution in [1.82, 2.24) is 25.5 Å². The van der Waals surface area contributed by atoms with E-state index in [-0.39, 0.29) is 24.3 Å². The van der Waals surface area contributed by atoms with Crippen LogP contribution in [0.5, 0.6) is 0 Å². The number of rotatable bonds is 8. The number of nitrogens with zero attached hydrogens (tertiary/aromatic N) is 5. The van der Waals surface area contributed by atoms with Gasteiger partial charge in [-0.15, -0.1) is 10.2 Å². The lowest BCUT2D eigenvalue weighted by Gasteiger charge is -2.34. The van der Waals surface area contributed by atoms with Gasteiger partial charge in [-0.3, -0.25) is 14.5 Å². The van der Waals surface area contributed by atoms with E-state index in [2.05, 4.69) is 20.7 Å². The van der Waals surface area contributed by atoms with E-state index in [0.717, 1.165) is 5.76 Å². The van der Waals surface area contributed by atoms with Crippen LogP contribution in [0.25, 0.3) is 11.6 Å². The number of para-hydroxylation sites is 1. The number of nitrogens with one attached hydrogen (secondary N) is 1. The molecule has 0 aliphatic heterocycles. The Morgan fingerprint density at radius 3 is 2.39 bits per heavy atom. The Morgan fingerprint density at radius 2 is 1.82 bits per heavy atom. The largest absolute Gasteiger partial charge is 0.458 e. The Kier molecular flexibility index (Phi) is 7.30. The van der Waals surface area contributed by atoms with Gasteiger partial charge in [-0.05, 0) is 69.5 Å². The van der Waals surface area contributed by atoms with Crippen LogP contribution in [-0.4, -0.2) is 43.6 Å². The van der Waals surface area contributed by atoms with Crippen molar-refractivity contribution in [2.24, 2.45) is 5.92 Å². The first-order valence-electron chi connectivity index (χ1n) is 11.1. The molecule has 0 saturated heterocycles. The number of carbonyl (C=O) groups excluding carboxylic acids is 2. The van der Waals surface area contributed by atoms with Crippen LogP contribution < -0.4 is 10.2 Å². The van der Waals surface area contributed by atoms with Crippen molar-refractivity contribution in [1.29, 1.82) is 0 Å². The van der Waals surface area contributed by atoms with E-state index in [9.17, 15) is 9.59 Å². The molecule has 0 radical (unpaired) electrons. The first-order chi connectivity index (χ1) is 15.5. The predicted octanol–water partition coefficient (Wildman–Crippen LogP) is 3.60. The monoisotopic (exact) mass is 452 g/mol. The molecule has 2 amide bonds. The van der Waals surface area contributed by atoms with Gasteiger partial charge >= 0.3 is 0 Å². The molecular formula is C24H32N6O3. The molecule has 0 bridgehead atoms. The summed E-state index contributed by atoms with van der Waals surface area (Å²) in [5, 5.41) is 15.3. The quantitative estimate of drug-likeness (QED) is 0.560. The maximum Gasteiger partial charge on any atom is 0.251 e. The lowest BCUT2D eigenvalue weighted by molar-refractivity contribution is -0.128. The first-order valence-corrected chi connectivity index (χ1v) is 11.1. The van der Waals surface area contributed by atoms with Gasteiger partial charge in [0.2, 0.25) is 11.7 Å². The zero-order valence-electron chi connectivity index (χ0n) is 20.1. The summed E-state index contributed by atoms with van der Waals surface area (Å²) in [7, 11) is 0. The fourth-order valence-electron chi connectivity index (χ4n) is 3.48. The number of furan rings is 1. The van der Waals surface area contributed by atoms with Crippen molar-refractivity contribution in [2.45, 2.75) is 66.1 Å². The van der Waals surface area contributed by atoms with Crippen LogP contribution in [0, 0.1) is 12.8 Å². The van der Waals surface area contributed by atoms with E-state index in [4.69, 9.17) is 4.42 Å². The van der Waals surface area contributed by atoms with E-state index >= 15 is 0 Å². The molecule has 0 aliphatic carbocycles. The lowest BCUT2D eigenvalue weighted by Crippen LogP contribution is -2.55. The van der Waals surface area contributed by atoms with Gasteiger partial charge in [0, 0.05) is 11.2 Å². The van der Waals surface area contributed by atoms with Gasteiger partial charge in [0.1, 0.15) is 18.3 Å². The highest BCUT2D eigenvalue weighted by molar-refractivity contribution is 6.00. The molecule has 2 aromatic heterocycles. The third-order valence-corrected chi connectivity index (χ3v) is 4.80. The second kappa shape index (κ2) is 9.97. The third-order valence-electron chi connectivity index (χ3n) is 4.80. The Bertz CT molecular complexity index is 1080. The van der Waals surface area contributed by atoms with Crippen molar-refractivity contribution in [2.75, 3.05) is 4.90 Å². The summed E-state index contributed by atoms with van der Waals surface area (Å²) >= 11 is 0. The highest BCUT2D eigenvalue weighted by Gasteiger charge is 2.33. The van der Waals surface area contributed by atoms with Crippen LogP contribution >= 0.6 is 0 Å². The van der Waals surface area contributed by atoms with Crippen LogP contribution in [0.2, 0.25) is 0 Å². The lowest BCUT2D eigenvalue weighted by atomic mass is 9.99. The Hall–Kier alpha value is -3.49. The van der Waals surface area contributed by atoms with Crippen LogP contribution in [0.3, 0.4) is 0 Å². The van der Waals surface area contributed by atoms with Crippen molar-refractivity contribution in [3.8, 4) is 11.6 Å². The van der Waals surface area contributed by atoms with Crippen molar-refractivity contribution < 1.29 is 14.0 Å². The van der Waals surface area contributed by atoms with Gasteiger partial charge < -0.3 is 9.73 Å². The molecular weight excluding hydrogens is 420 g/mol. The Balaban J connectivity index is 1.91. The molecule has 0 spiro atoms. The van der Waals surface area contributed by atoms with E-state index in [1.54, 1.807) is 11.0 Å². The van der Waals surface area contributed by atoms with Gasteiger partial charge in [0.15, 0.2) is 5.76 Å². The number of tetrazole rings is 1. The van der Waals surface area contributed by atoms with Gasteiger partial charge in [0.25, 0.3) is 5.91 Å². The standard InChI is InChI=1S/C24H32N6O3/c1-16(2)14-19(23(32)25-24(4,5)6)30(18-10-8-7-9-11-18)21(31)15-29-27-22(26-28-29)20-13-12-17(3)33-20/h7-13,16,19H,14-15H2,1-6H3,(H,25,32). The molecule has 1 unspecified atom stereocenters. The molecule has 0 aliphatic rings. The Labute approximate surface area is 194 Å². The topological polar surface area (TPSA) is 106 Å². The number of amides is 2. The summed E-state index contributed by atoms with van der Waals surface area (Å²) in [5.41, 5.74) is 0.209. The number of aryl methyl sites for hydroxylation is 1. The molecule has 0 fully saturated rings. The second-order valence-corrected chi connectivity index (χ2v) is 9.54. The van der Waals surface area contributed by atoms with E-state index in [1.807, 2.05) is 77.9 Å². The Morgan fingerprint density at radius 1 is 1.12 bits per heavy atom. The number of aromatic nitrogens is 4. The minimum atomic E-state index is -0.685. The molecule has 176 valence electrons. The van der Waals surface area contributed by atoms with E-state index < -0.39 is 11.6 Å². The minimum Gasteiger partial charge on any atom is -0.458 e. The zero-order chi connectivity index (χ0) is 24.2. The van der Waals surface area contributed by atoms with E-state index in [0.29, 0.717) is 23.7 Å². The number of hydrogen-bond acceptors (Lipinski definition) is 6. The SMILES string of the molecule is Cc1ccc(-c2nnn(CC(=O)N(c3ccccc3)C(CC(C)C)C(=O)NC(C)(C)C)n2)o1. The van der Waals surface area contributed by atoms with Crippen molar-refractivity contribution in [3.05, 3.63) is 48.2 Å². The van der Waals surface area contributed by atoms with Gasteiger partial charge in [-0.2, -0.15) is 4.80 Å². The maximum atomic E-state index is 13.5. The zero-order valence-corrected chi connectivity index (χ0v) is 20.1. The fraction of sp³-hybridized carbons (Fsp3) is 0.458. The summed E-state index contributed by atoms with van der Waals surface area (Å²) in [6.45, 7) is 11.5. The van der Waals surface area contributed by atoms with Gasteiger partial charge in [-0.25, -0.2) is 0 Å². The summed E-state index contributed by atoms with van der Waals surface area (Å²) in [5.74, 6) is 1.19. The molecule has 0 saturated carbocycles. The van der Waals surface area contributed by atoms with Crippen molar-refractivity contribution >= 4 is 17.5 Å². The smallest absolute Gasteiger partial charge is 0.251 e. The molecule has 33 heavy (non-hydrogen) atoms. The highest BCUT2D eigenvalue weighted by Crippen LogP contribution is 2.23. The van der Waals surface area contributed by atoms with Crippen LogP contribution in [0.4, 0.5) is 5.69 Å². The van der Waals surface area contributed by atoms with Crippen LogP contribution in [0.1, 0.15) is 46.8 Å². The van der Waals surface area contributed by atoms with E-state index in [1.165, 1.54) is 4.80 Å². The number of carbonyl (C=O) groups is 2. The van der Waals surface area contributed by atoms with Gasteiger partial charge in [0.05, 0.1) is 0 Å². The summed E-state index contributed by atoms with van der Waals surface area (Å²) in [6.07, 6.45) is 0.504. The average molecular weight is 453 g/mol. The minimum absolute atomic E-state index is 0.168. The first kappa shape index (κ1) is 24.2. The molecule has 3 rings (SSSR count). The number of anilines is 1. The molecule has 1 atom stereocenters. The van der Waals surface area contributed by atoms with Crippen LogP contribution in [0.15, 0.2) is 46.9 Å². The molecule has 9 nitrogen and oxygen atoms in total. The van der Waals surface area contributed by atoms with Crippen molar-refractivity contribution in [3.63, 3.8) is 0 Å². The molecule has 9 heteroatoms. The van der Waals surface area contributed by atoms with Gasteiger partial charge in [-0.1, -0.05) is 32.0 Å². The third kappa shape index (κ3) is 6.50. The molecule has 1 N–H and O–H groups in total. The number of benzene rings is 1. The summed E-state index contributed by atoms with van der Waals surface area (Å²) in [6, 6.07) is 12.1. The molecule has 2 heterocycles. The second-order valence-electron chi connectivity index (χ2n) is 9.54. The molecule has 3 aromatic rings. The summed E-state index contributed by atoms with van der Waals surface area (Å²) in [4.78, 5) is 29.6. The van der Waals surface area contributed by atoms with Crippen LogP contribution in [-0.2, 0) is 16.1 Å². The normalized spacial score (nSPS) is 12.6. The maximum absolute atomic E-state index is 13.5. The highest BCUT2D eigenvalue weighted by atomic mass is 16.3. The average Bonchev–Trinajstić information content (AvgIpc) is 3.35. The number of hydrogen-bond donors (Lipinski definition) is 1. The fourth-order valence-corrected chi connectivity index (χ4v) is 3.48.